The third-order valence-electron chi connectivity index (χ3n) is 7.77. The van der Waals surface area contributed by atoms with Crippen molar-refractivity contribution in [1.82, 2.24) is 4.57 Å². The van der Waals surface area contributed by atoms with Crippen molar-refractivity contribution in [2.45, 2.75) is 87.0 Å². The highest BCUT2D eigenvalue weighted by molar-refractivity contribution is 5.96. The minimum atomic E-state index is 0.104. The van der Waals surface area contributed by atoms with Crippen LogP contribution < -0.4 is 0 Å². The quantitative estimate of drug-likeness (QED) is 0.280. The third kappa shape index (κ3) is 4.05. The normalized spacial score (nSPS) is 16.4. The second-order valence-corrected chi connectivity index (χ2v) is 13.1. The van der Waals surface area contributed by atoms with Gasteiger partial charge in [0.25, 0.3) is 0 Å². The van der Waals surface area contributed by atoms with E-state index in [1.54, 1.807) is 0 Å². The second-order valence-electron chi connectivity index (χ2n) is 13.1. The highest BCUT2D eigenvalue weighted by atomic mass is 16.3. The molecule has 0 amide bonds. The summed E-state index contributed by atoms with van der Waals surface area (Å²) in [4.78, 5) is 0. The largest absolute Gasteiger partial charge is 0.461 e. The number of nitrogens with zero attached hydrogens (tertiary/aromatic N) is 1. The molecule has 2 nitrogen and oxygen atoms in total. The average Bonchev–Trinajstić information content (AvgIpc) is 3.26. The van der Waals surface area contributed by atoms with Crippen LogP contribution in [0.25, 0.3) is 39.7 Å². The Hall–Kier alpha value is -3.00. The van der Waals surface area contributed by atoms with Gasteiger partial charge < -0.3 is 8.98 Å². The molecule has 4 aromatic rings. The van der Waals surface area contributed by atoms with E-state index >= 15 is 0 Å². The van der Waals surface area contributed by atoms with Crippen molar-refractivity contribution in [2.75, 3.05) is 0 Å². The molecule has 1 aliphatic rings. The zero-order valence-corrected chi connectivity index (χ0v) is 23.8. The average molecular weight is 480 g/mol. The Bertz CT molecular complexity index is 1550. The van der Waals surface area contributed by atoms with Crippen LogP contribution in [0.2, 0.25) is 0 Å². The molecule has 188 valence electrons. The zero-order valence-electron chi connectivity index (χ0n) is 23.8. The lowest BCUT2D eigenvalue weighted by molar-refractivity contribution is 0.468. The molecular formula is C34H41NO. The van der Waals surface area contributed by atoms with E-state index in [0.717, 1.165) is 17.8 Å². The number of aryl methyl sites for hydroxylation is 1. The summed E-state index contributed by atoms with van der Waals surface area (Å²) in [5.74, 6) is 1.41. The molecule has 0 bridgehead atoms. The lowest BCUT2D eigenvalue weighted by Crippen LogP contribution is -2.17. The first kappa shape index (κ1) is 24.7. The number of hydrogen-bond acceptors (Lipinski definition) is 1. The molecule has 5 rings (SSSR count). The molecule has 0 N–H and O–H groups in total. The van der Waals surface area contributed by atoms with Crippen molar-refractivity contribution in [3.8, 4) is 5.69 Å². The summed E-state index contributed by atoms with van der Waals surface area (Å²) in [6.45, 7) is 22.7. The van der Waals surface area contributed by atoms with Gasteiger partial charge in [0.1, 0.15) is 11.3 Å². The van der Waals surface area contributed by atoms with E-state index in [9.17, 15) is 0 Å². The Morgan fingerprint density at radius 1 is 0.944 bits per heavy atom. The highest BCUT2D eigenvalue weighted by Gasteiger charge is 2.31. The third-order valence-corrected chi connectivity index (χ3v) is 7.77. The van der Waals surface area contributed by atoms with Crippen LogP contribution in [0.4, 0.5) is 0 Å². The molecule has 2 heterocycles. The molecule has 0 aliphatic heterocycles. The van der Waals surface area contributed by atoms with Gasteiger partial charge in [-0.1, -0.05) is 77.8 Å². The Morgan fingerprint density at radius 2 is 1.67 bits per heavy atom. The summed E-state index contributed by atoms with van der Waals surface area (Å²) >= 11 is 0. The molecule has 36 heavy (non-hydrogen) atoms. The van der Waals surface area contributed by atoms with E-state index in [-0.39, 0.29) is 10.8 Å². The lowest BCUT2D eigenvalue weighted by Gasteiger charge is -2.30. The number of rotatable bonds is 2. The molecule has 2 aromatic heterocycles. The van der Waals surface area contributed by atoms with Crippen LogP contribution in [-0.2, 0) is 5.41 Å². The first-order valence-electron chi connectivity index (χ1n) is 13.3. The van der Waals surface area contributed by atoms with Gasteiger partial charge >= 0.3 is 0 Å². The topological polar surface area (TPSA) is 18.1 Å². The number of allylic oxidation sites excluding steroid dienone is 2. The number of fused-ring (bicyclic) bond motifs is 4. The van der Waals surface area contributed by atoms with Crippen LogP contribution in [0, 0.1) is 12.3 Å². The van der Waals surface area contributed by atoms with Crippen molar-refractivity contribution in [1.29, 1.82) is 0 Å². The summed E-state index contributed by atoms with van der Waals surface area (Å²) in [6.07, 6.45) is 5.83. The summed E-state index contributed by atoms with van der Waals surface area (Å²) in [5.41, 5.74) is 11.9. The monoisotopic (exact) mass is 479 g/mol. The maximum atomic E-state index is 6.13. The number of aromatic nitrogens is 1. The van der Waals surface area contributed by atoms with E-state index in [4.69, 9.17) is 4.42 Å². The Balaban J connectivity index is 1.85. The summed E-state index contributed by atoms with van der Waals surface area (Å²) in [5, 5.41) is 2.54. The van der Waals surface area contributed by atoms with Crippen molar-refractivity contribution in [3.05, 3.63) is 75.7 Å². The van der Waals surface area contributed by atoms with Crippen LogP contribution in [-0.4, -0.2) is 4.57 Å². The van der Waals surface area contributed by atoms with Gasteiger partial charge in [-0.05, 0) is 73.9 Å². The molecule has 0 saturated heterocycles. The molecule has 0 fully saturated rings. The maximum Gasteiger partial charge on any atom is 0.135 e. The Morgan fingerprint density at radius 3 is 2.31 bits per heavy atom. The van der Waals surface area contributed by atoms with Crippen LogP contribution >= 0.6 is 0 Å². The molecular weight excluding hydrogens is 438 g/mol. The van der Waals surface area contributed by atoms with E-state index in [1.807, 2.05) is 0 Å². The maximum absolute atomic E-state index is 6.13. The van der Waals surface area contributed by atoms with Gasteiger partial charge in [0.15, 0.2) is 0 Å². The Labute approximate surface area is 216 Å². The van der Waals surface area contributed by atoms with Gasteiger partial charge in [-0.2, -0.15) is 0 Å². The van der Waals surface area contributed by atoms with Crippen molar-refractivity contribution < 1.29 is 4.42 Å². The van der Waals surface area contributed by atoms with Crippen LogP contribution in [0.5, 0.6) is 0 Å². The highest BCUT2D eigenvalue weighted by Crippen LogP contribution is 2.46. The van der Waals surface area contributed by atoms with Gasteiger partial charge in [0.05, 0.1) is 5.52 Å². The standard InChI is InChI=1S/C34H41NO/c1-20(2)15-26-22(4)36-31-14-12-25(19-28(26)31)35-30-13-11-23(33(5,6)7)17-27(30)29-18-24(34(8,9)10)16-21(3)32(29)35/h11-15,17-19,21H,16H2,1-10H3. The van der Waals surface area contributed by atoms with Gasteiger partial charge in [-0.15, -0.1) is 0 Å². The van der Waals surface area contributed by atoms with Crippen LogP contribution in [0.1, 0.15) is 103 Å². The molecule has 0 spiro atoms. The zero-order chi connectivity index (χ0) is 26.2. The first-order chi connectivity index (χ1) is 16.8. The molecule has 1 unspecified atom stereocenters. The fourth-order valence-electron chi connectivity index (χ4n) is 5.73. The molecule has 0 saturated carbocycles. The van der Waals surface area contributed by atoms with E-state index in [2.05, 4.69) is 122 Å². The van der Waals surface area contributed by atoms with Gasteiger partial charge in [0, 0.05) is 39.2 Å². The fourth-order valence-corrected chi connectivity index (χ4v) is 5.73. The summed E-state index contributed by atoms with van der Waals surface area (Å²) in [6, 6.07) is 13.8. The fraction of sp³-hybridized carbons (Fsp3) is 0.412. The van der Waals surface area contributed by atoms with Gasteiger partial charge in [-0.25, -0.2) is 0 Å². The van der Waals surface area contributed by atoms with E-state index in [0.29, 0.717) is 5.92 Å². The summed E-state index contributed by atoms with van der Waals surface area (Å²) in [7, 11) is 0. The van der Waals surface area contributed by atoms with Crippen molar-refractivity contribution in [3.63, 3.8) is 0 Å². The number of hydrogen-bond donors (Lipinski definition) is 0. The molecule has 0 radical (unpaired) electrons. The van der Waals surface area contributed by atoms with Crippen molar-refractivity contribution in [2.24, 2.45) is 5.41 Å². The number of furan rings is 1. The predicted octanol–water partition coefficient (Wildman–Crippen LogP) is 10.3. The summed E-state index contributed by atoms with van der Waals surface area (Å²) < 4.78 is 8.65. The van der Waals surface area contributed by atoms with Crippen LogP contribution in [0.15, 0.2) is 52.0 Å². The van der Waals surface area contributed by atoms with E-state index in [1.165, 1.54) is 55.5 Å². The minimum absolute atomic E-state index is 0.104. The smallest absolute Gasteiger partial charge is 0.135 e. The molecule has 1 aliphatic carbocycles. The SMILES string of the molecule is CC(C)=Cc1c(C)oc2ccc(-n3c4c(c5cc(C(C)(C)C)ccc53)C=C(C(C)(C)C)CC4C)cc12. The number of benzene rings is 2. The molecule has 2 heteroatoms. The lowest BCUT2D eigenvalue weighted by atomic mass is 9.76. The molecule has 2 aromatic carbocycles. The first-order valence-corrected chi connectivity index (χ1v) is 13.3. The van der Waals surface area contributed by atoms with Crippen molar-refractivity contribution >= 4 is 34.0 Å². The van der Waals surface area contributed by atoms with Gasteiger partial charge in [-0.3, -0.25) is 0 Å². The minimum Gasteiger partial charge on any atom is -0.461 e. The second kappa shape index (κ2) is 8.26. The van der Waals surface area contributed by atoms with Gasteiger partial charge in [0.2, 0.25) is 0 Å². The van der Waals surface area contributed by atoms with E-state index < -0.39 is 0 Å². The predicted molar refractivity (Wildman–Crippen MR) is 156 cm³/mol. The Kier molecular flexibility index (Phi) is 5.67. The van der Waals surface area contributed by atoms with Crippen LogP contribution in [0.3, 0.4) is 0 Å². The molecule has 1 atom stereocenters.